The predicted molar refractivity (Wildman–Crippen MR) is 77.2 cm³/mol. The molecule has 2 aromatic heterocycles. The van der Waals surface area contributed by atoms with E-state index in [0.717, 1.165) is 13.0 Å². The number of fused-ring (bicyclic) bond motifs is 1. The highest BCUT2D eigenvalue weighted by molar-refractivity contribution is 7.07. The number of rotatable bonds is 4. The summed E-state index contributed by atoms with van der Waals surface area (Å²) >= 11 is 1.79. The first kappa shape index (κ1) is 12.0. The van der Waals surface area contributed by atoms with Crippen LogP contribution in [0.3, 0.4) is 0 Å². The maximum Gasteiger partial charge on any atom is 0.0335 e. The summed E-state index contributed by atoms with van der Waals surface area (Å²) in [7, 11) is 2.07. The second-order valence-corrected chi connectivity index (χ2v) is 5.87. The van der Waals surface area contributed by atoms with Crippen molar-refractivity contribution in [2.75, 3.05) is 7.05 Å². The fourth-order valence-corrected chi connectivity index (χ4v) is 3.57. The molecule has 1 unspecified atom stereocenters. The van der Waals surface area contributed by atoms with Crippen molar-refractivity contribution >= 4 is 11.3 Å². The minimum atomic E-state index is 0.566. The molecule has 2 nitrogen and oxygen atoms in total. The van der Waals surface area contributed by atoms with Crippen molar-refractivity contribution in [3.05, 3.63) is 45.9 Å². The summed E-state index contributed by atoms with van der Waals surface area (Å²) in [6, 6.07) is 2.79. The lowest BCUT2D eigenvalue weighted by atomic mass is 9.91. The van der Waals surface area contributed by atoms with Crippen molar-refractivity contribution in [1.82, 2.24) is 9.88 Å². The molecule has 0 amide bonds. The van der Waals surface area contributed by atoms with Gasteiger partial charge in [-0.25, -0.2) is 0 Å². The van der Waals surface area contributed by atoms with E-state index in [-0.39, 0.29) is 0 Å². The zero-order valence-electron chi connectivity index (χ0n) is 10.9. The van der Waals surface area contributed by atoms with Crippen molar-refractivity contribution in [2.24, 2.45) is 0 Å². The Labute approximate surface area is 113 Å². The highest BCUT2D eigenvalue weighted by Gasteiger charge is 2.20. The van der Waals surface area contributed by atoms with E-state index in [1.807, 2.05) is 0 Å². The lowest BCUT2D eigenvalue weighted by Gasteiger charge is -2.21. The summed E-state index contributed by atoms with van der Waals surface area (Å²) in [6.07, 6.45) is 9.68. The number of nitrogens with zero attached hydrogens (tertiary/aromatic N) is 1. The monoisotopic (exact) mass is 260 g/mol. The summed E-state index contributed by atoms with van der Waals surface area (Å²) in [5.74, 6) is 0. The van der Waals surface area contributed by atoms with Crippen molar-refractivity contribution in [1.29, 1.82) is 0 Å². The molecule has 1 aliphatic carbocycles. The van der Waals surface area contributed by atoms with Gasteiger partial charge in [0.1, 0.15) is 0 Å². The van der Waals surface area contributed by atoms with Gasteiger partial charge in [-0.05, 0) is 66.2 Å². The maximum atomic E-state index is 3.43. The molecule has 18 heavy (non-hydrogen) atoms. The molecule has 3 heteroatoms. The zero-order valence-corrected chi connectivity index (χ0v) is 11.7. The first-order valence-corrected chi connectivity index (χ1v) is 7.68. The molecule has 2 heterocycles. The fourth-order valence-electron chi connectivity index (χ4n) is 2.87. The number of nitrogens with one attached hydrogen (secondary N) is 1. The van der Waals surface area contributed by atoms with Crippen LogP contribution in [-0.2, 0) is 19.4 Å². The van der Waals surface area contributed by atoms with Gasteiger partial charge in [0.15, 0.2) is 0 Å². The van der Waals surface area contributed by atoms with Crippen molar-refractivity contribution in [3.8, 4) is 0 Å². The Hall–Kier alpha value is -1.06. The van der Waals surface area contributed by atoms with E-state index in [1.165, 1.54) is 30.4 Å². The number of hydrogen-bond acceptors (Lipinski definition) is 2. The number of aryl methyl sites for hydroxylation is 3. The van der Waals surface area contributed by atoms with E-state index in [9.17, 15) is 0 Å². The first-order chi connectivity index (χ1) is 8.86. The van der Waals surface area contributed by atoms with Crippen molar-refractivity contribution in [3.63, 3.8) is 0 Å². The van der Waals surface area contributed by atoms with Crippen LogP contribution < -0.4 is 5.32 Å². The van der Waals surface area contributed by atoms with Crippen LogP contribution in [0, 0.1) is 0 Å². The molecule has 0 saturated heterocycles. The van der Waals surface area contributed by atoms with Crippen molar-refractivity contribution in [2.45, 2.75) is 38.3 Å². The van der Waals surface area contributed by atoms with Gasteiger partial charge in [-0.3, -0.25) is 0 Å². The van der Waals surface area contributed by atoms with Crippen LogP contribution in [0.4, 0.5) is 0 Å². The fraction of sp³-hybridized carbons (Fsp3) is 0.467. The third-order valence-corrected chi connectivity index (χ3v) is 4.63. The number of hydrogen-bond donors (Lipinski definition) is 1. The molecule has 0 aliphatic heterocycles. The normalized spacial score (nSPS) is 18.8. The SMILES string of the molecule is CNC1CCCc2cn(CCc3ccsc3)cc21. The van der Waals surface area contributed by atoms with Crippen LogP contribution >= 0.6 is 11.3 Å². The third kappa shape index (κ3) is 2.38. The van der Waals surface area contributed by atoms with Crippen LogP contribution in [0.15, 0.2) is 29.2 Å². The van der Waals surface area contributed by atoms with Gasteiger partial charge in [0.05, 0.1) is 0 Å². The molecule has 0 aromatic carbocycles. The van der Waals surface area contributed by atoms with E-state index in [2.05, 4.69) is 46.2 Å². The lowest BCUT2D eigenvalue weighted by Crippen LogP contribution is -2.20. The highest BCUT2D eigenvalue weighted by Crippen LogP contribution is 2.30. The van der Waals surface area contributed by atoms with E-state index in [1.54, 1.807) is 16.9 Å². The molecule has 0 saturated carbocycles. The predicted octanol–water partition coefficient (Wildman–Crippen LogP) is 3.39. The van der Waals surface area contributed by atoms with Crippen LogP contribution in [0.2, 0.25) is 0 Å². The highest BCUT2D eigenvalue weighted by atomic mass is 32.1. The minimum Gasteiger partial charge on any atom is -0.353 e. The summed E-state index contributed by atoms with van der Waals surface area (Å²) in [6.45, 7) is 1.10. The van der Waals surface area contributed by atoms with Crippen LogP contribution in [0.25, 0.3) is 0 Å². The van der Waals surface area contributed by atoms with Gasteiger partial charge in [-0.1, -0.05) is 0 Å². The molecule has 0 bridgehead atoms. The van der Waals surface area contributed by atoms with E-state index >= 15 is 0 Å². The Morgan fingerprint density at radius 3 is 3.17 bits per heavy atom. The van der Waals surface area contributed by atoms with Gasteiger partial charge >= 0.3 is 0 Å². The average molecular weight is 260 g/mol. The topological polar surface area (TPSA) is 17.0 Å². The van der Waals surface area contributed by atoms with Crippen LogP contribution in [0.1, 0.15) is 35.6 Å². The lowest BCUT2D eigenvalue weighted by molar-refractivity contribution is 0.498. The van der Waals surface area contributed by atoms with E-state index < -0.39 is 0 Å². The summed E-state index contributed by atoms with van der Waals surface area (Å²) in [5, 5.41) is 7.84. The van der Waals surface area contributed by atoms with E-state index in [4.69, 9.17) is 0 Å². The Balaban J connectivity index is 1.72. The second kappa shape index (κ2) is 5.29. The molecule has 1 atom stereocenters. The third-order valence-electron chi connectivity index (χ3n) is 3.90. The molecule has 2 aromatic rings. The molecule has 0 fully saturated rings. The molecule has 3 rings (SSSR count). The van der Waals surface area contributed by atoms with Gasteiger partial charge in [-0.2, -0.15) is 11.3 Å². The zero-order chi connectivity index (χ0) is 12.4. The average Bonchev–Trinajstić information content (AvgIpc) is 3.04. The standard InChI is InChI=1S/C15H20N2S/c1-16-15-4-2-3-13-9-17(10-14(13)15)7-5-12-6-8-18-11-12/h6,8-11,15-16H,2-5,7H2,1H3. The van der Waals surface area contributed by atoms with Gasteiger partial charge in [0.25, 0.3) is 0 Å². The summed E-state index contributed by atoms with van der Waals surface area (Å²) < 4.78 is 2.37. The Bertz CT molecular complexity index is 499. The summed E-state index contributed by atoms with van der Waals surface area (Å²) in [4.78, 5) is 0. The first-order valence-electron chi connectivity index (χ1n) is 6.73. The molecular formula is C15H20N2S. The molecule has 0 radical (unpaired) electrons. The summed E-state index contributed by atoms with van der Waals surface area (Å²) in [5.41, 5.74) is 4.52. The molecule has 1 aliphatic rings. The van der Waals surface area contributed by atoms with Gasteiger partial charge in [0, 0.05) is 25.0 Å². The van der Waals surface area contributed by atoms with Gasteiger partial charge in [0.2, 0.25) is 0 Å². The molecule has 0 spiro atoms. The van der Waals surface area contributed by atoms with Gasteiger partial charge < -0.3 is 9.88 Å². The second-order valence-electron chi connectivity index (χ2n) is 5.09. The number of thiophene rings is 1. The number of aromatic nitrogens is 1. The Morgan fingerprint density at radius 1 is 1.44 bits per heavy atom. The molecular weight excluding hydrogens is 240 g/mol. The van der Waals surface area contributed by atoms with Gasteiger partial charge in [-0.15, -0.1) is 0 Å². The largest absolute Gasteiger partial charge is 0.353 e. The maximum absolute atomic E-state index is 3.43. The Kier molecular flexibility index (Phi) is 3.52. The van der Waals surface area contributed by atoms with Crippen molar-refractivity contribution < 1.29 is 0 Å². The molecule has 96 valence electrons. The van der Waals surface area contributed by atoms with E-state index in [0.29, 0.717) is 6.04 Å². The van der Waals surface area contributed by atoms with Crippen LogP contribution in [-0.4, -0.2) is 11.6 Å². The quantitative estimate of drug-likeness (QED) is 0.891. The van der Waals surface area contributed by atoms with Crippen LogP contribution in [0.5, 0.6) is 0 Å². The molecule has 1 N–H and O–H groups in total. The smallest absolute Gasteiger partial charge is 0.0335 e. The minimum absolute atomic E-state index is 0.566. The Morgan fingerprint density at radius 2 is 2.39 bits per heavy atom.